The number of rotatable bonds is 4. The van der Waals surface area contributed by atoms with Crippen LogP contribution in [0.25, 0.3) is 0 Å². The lowest BCUT2D eigenvalue weighted by Gasteiger charge is -2.47. The molecule has 0 N–H and O–H groups in total. The molecule has 0 unspecified atom stereocenters. The van der Waals surface area contributed by atoms with Gasteiger partial charge in [0, 0.05) is 0 Å². The summed E-state index contributed by atoms with van der Waals surface area (Å²) in [5.41, 5.74) is 1.34. The summed E-state index contributed by atoms with van der Waals surface area (Å²) in [6.45, 7) is 10.2. The van der Waals surface area contributed by atoms with Crippen molar-refractivity contribution in [2.45, 2.75) is 118 Å². The fraction of sp³-hybridized carbons (Fsp3) is 1.00. The van der Waals surface area contributed by atoms with Crippen LogP contribution in [0.15, 0.2) is 0 Å². The van der Waals surface area contributed by atoms with Gasteiger partial charge in [-0.25, -0.2) is 0 Å². The smallest absolute Gasteiger partial charge is 0.0323 e. The first kappa shape index (κ1) is 18.8. The van der Waals surface area contributed by atoms with Gasteiger partial charge in [0.25, 0.3) is 0 Å². The summed E-state index contributed by atoms with van der Waals surface area (Å²) < 4.78 is 0. The quantitative estimate of drug-likeness (QED) is 0.489. The van der Waals surface area contributed by atoms with Crippen molar-refractivity contribution < 1.29 is 0 Å². The largest absolute Gasteiger partial charge is 0.0625 e. The molecule has 3 aliphatic rings. The lowest BCUT2D eigenvalue weighted by atomic mass is 9.59. The molecule has 0 spiro atoms. The SMILES string of the molecule is CC1CCC(CC2(C)CCC(C)(CC3CCC(C)CC3)CC2)CC1. The first-order valence-corrected chi connectivity index (χ1v) is 11.4. The van der Waals surface area contributed by atoms with Crippen LogP contribution in [-0.4, -0.2) is 0 Å². The topological polar surface area (TPSA) is 0 Å². The minimum absolute atomic E-state index is 0.672. The maximum Gasteiger partial charge on any atom is -0.0323 e. The normalized spacial score (nSPS) is 47.5. The van der Waals surface area contributed by atoms with Crippen molar-refractivity contribution in [2.24, 2.45) is 34.5 Å². The zero-order valence-corrected chi connectivity index (χ0v) is 17.2. The molecule has 0 nitrogen and oxygen atoms in total. The Kier molecular flexibility index (Phi) is 6.03. The van der Waals surface area contributed by atoms with Crippen LogP contribution < -0.4 is 0 Å². The summed E-state index contributed by atoms with van der Waals surface area (Å²) in [7, 11) is 0. The fourth-order valence-electron chi connectivity index (χ4n) is 6.33. The Morgan fingerprint density at radius 2 is 0.833 bits per heavy atom. The van der Waals surface area contributed by atoms with E-state index in [-0.39, 0.29) is 0 Å². The highest BCUT2D eigenvalue weighted by atomic mass is 14.5. The van der Waals surface area contributed by atoms with Crippen LogP contribution in [0, 0.1) is 34.5 Å². The molecule has 0 atom stereocenters. The summed E-state index contributed by atoms with van der Waals surface area (Å²) in [5, 5.41) is 0. The second-order valence-electron chi connectivity index (χ2n) is 11.3. The Morgan fingerprint density at radius 1 is 0.542 bits per heavy atom. The average Bonchev–Trinajstić information content (AvgIpc) is 2.56. The van der Waals surface area contributed by atoms with Crippen molar-refractivity contribution in [1.29, 1.82) is 0 Å². The second-order valence-corrected chi connectivity index (χ2v) is 11.3. The van der Waals surface area contributed by atoms with E-state index in [1.54, 1.807) is 0 Å². The first-order valence-electron chi connectivity index (χ1n) is 11.4. The van der Waals surface area contributed by atoms with E-state index in [1.165, 1.54) is 89.9 Å². The Bertz CT molecular complexity index is 333. The Hall–Kier alpha value is 0. The zero-order chi connectivity index (χ0) is 17.2. The molecule has 3 saturated carbocycles. The van der Waals surface area contributed by atoms with Crippen LogP contribution in [0.3, 0.4) is 0 Å². The molecular weight excluding hydrogens is 288 g/mol. The highest BCUT2D eigenvalue weighted by Gasteiger charge is 2.40. The van der Waals surface area contributed by atoms with Crippen molar-refractivity contribution in [3.8, 4) is 0 Å². The van der Waals surface area contributed by atoms with E-state index in [1.807, 2.05) is 0 Å². The molecular formula is C24H44. The van der Waals surface area contributed by atoms with Gasteiger partial charge in [-0.05, 0) is 73.0 Å². The minimum atomic E-state index is 0.672. The van der Waals surface area contributed by atoms with Gasteiger partial charge in [0.15, 0.2) is 0 Å². The van der Waals surface area contributed by atoms with Gasteiger partial charge < -0.3 is 0 Å². The maximum atomic E-state index is 2.63. The highest BCUT2D eigenvalue weighted by Crippen LogP contribution is 2.53. The summed E-state index contributed by atoms with van der Waals surface area (Å²) in [4.78, 5) is 0. The third kappa shape index (κ3) is 5.01. The third-order valence-corrected chi connectivity index (χ3v) is 8.50. The van der Waals surface area contributed by atoms with E-state index < -0.39 is 0 Å². The van der Waals surface area contributed by atoms with Gasteiger partial charge in [-0.15, -0.1) is 0 Å². The predicted octanol–water partition coefficient (Wildman–Crippen LogP) is 8.01. The lowest BCUT2D eigenvalue weighted by Crippen LogP contribution is -2.34. The fourth-order valence-corrected chi connectivity index (χ4v) is 6.33. The van der Waals surface area contributed by atoms with Gasteiger partial charge in [-0.3, -0.25) is 0 Å². The Morgan fingerprint density at radius 3 is 1.12 bits per heavy atom. The molecule has 0 saturated heterocycles. The minimum Gasteiger partial charge on any atom is -0.0625 e. The second kappa shape index (κ2) is 7.71. The maximum absolute atomic E-state index is 2.63. The molecule has 0 aromatic rings. The van der Waals surface area contributed by atoms with E-state index in [2.05, 4.69) is 27.7 Å². The summed E-state index contributed by atoms with van der Waals surface area (Å²) in [5.74, 6) is 4.11. The molecule has 0 aromatic heterocycles. The molecule has 0 bridgehead atoms. The number of hydrogen-bond donors (Lipinski definition) is 0. The standard InChI is InChI=1S/C24H44/c1-19-5-9-21(10-6-19)17-23(3)13-15-24(4,16-14-23)18-22-11-7-20(2)8-12-22/h19-22H,5-18H2,1-4H3. The van der Waals surface area contributed by atoms with Gasteiger partial charge in [0.1, 0.15) is 0 Å². The summed E-state index contributed by atoms with van der Waals surface area (Å²) >= 11 is 0. The van der Waals surface area contributed by atoms with E-state index in [4.69, 9.17) is 0 Å². The molecule has 140 valence electrons. The Labute approximate surface area is 152 Å². The average molecular weight is 333 g/mol. The van der Waals surface area contributed by atoms with Crippen molar-refractivity contribution >= 4 is 0 Å². The van der Waals surface area contributed by atoms with Crippen molar-refractivity contribution in [2.75, 3.05) is 0 Å². The van der Waals surface area contributed by atoms with E-state index >= 15 is 0 Å². The van der Waals surface area contributed by atoms with E-state index in [0.717, 1.165) is 23.7 Å². The van der Waals surface area contributed by atoms with Crippen LogP contribution in [0.1, 0.15) is 118 Å². The monoisotopic (exact) mass is 332 g/mol. The van der Waals surface area contributed by atoms with Crippen molar-refractivity contribution in [3.05, 3.63) is 0 Å². The molecule has 3 rings (SSSR count). The van der Waals surface area contributed by atoms with Crippen LogP contribution in [-0.2, 0) is 0 Å². The van der Waals surface area contributed by atoms with Crippen LogP contribution in [0.5, 0.6) is 0 Å². The van der Waals surface area contributed by atoms with Gasteiger partial charge in [0.05, 0.1) is 0 Å². The molecule has 24 heavy (non-hydrogen) atoms. The summed E-state index contributed by atoms with van der Waals surface area (Å²) in [6.07, 6.45) is 21.2. The van der Waals surface area contributed by atoms with Gasteiger partial charge in [-0.1, -0.05) is 79.1 Å². The molecule has 0 heterocycles. The number of hydrogen-bond acceptors (Lipinski definition) is 0. The zero-order valence-electron chi connectivity index (χ0n) is 17.2. The molecule has 0 radical (unpaired) electrons. The summed E-state index contributed by atoms with van der Waals surface area (Å²) in [6, 6.07) is 0. The predicted molar refractivity (Wildman–Crippen MR) is 106 cm³/mol. The van der Waals surface area contributed by atoms with E-state index in [9.17, 15) is 0 Å². The molecule has 0 heteroatoms. The van der Waals surface area contributed by atoms with Crippen molar-refractivity contribution in [3.63, 3.8) is 0 Å². The van der Waals surface area contributed by atoms with Crippen molar-refractivity contribution in [1.82, 2.24) is 0 Å². The highest BCUT2D eigenvalue weighted by molar-refractivity contribution is 4.91. The third-order valence-electron chi connectivity index (χ3n) is 8.50. The van der Waals surface area contributed by atoms with E-state index in [0.29, 0.717) is 10.8 Å². The molecule has 3 aliphatic carbocycles. The Balaban J connectivity index is 1.45. The van der Waals surface area contributed by atoms with Gasteiger partial charge >= 0.3 is 0 Å². The van der Waals surface area contributed by atoms with Crippen LogP contribution >= 0.6 is 0 Å². The molecule has 3 fully saturated rings. The van der Waals surface area contributed by atoms with Crippen LogP contribution in [0.2, 0.25) is 0 Å². The van der Waals surface area contributed by atoms with Crippen LogP contribution in [0.4, 0.5) is 0 Å². The molecule has 0 amide bonds. The molecule has 0 aromatic carbocycles. The molecule has 0 aliphatic heterocycles. The van der Waals surface area contributed by atoms with Gasteiger partial charge in [0.2, 0.25) is 0 Å². The lowest BCUT2D eigenvalue weighted by molar-refractivity contribution is 0.0491. The van der Waals surface area contributed by atoms with Gasteiger partial charge in [-0.2, -0.15) is 0 Å². The first-order chi connectivity index (χ1) is 11.4.